The highest BCUT2D eigenvalue weighted by atomic mass is 32.1. The van der Waals surface area contributed by atoms with E-state index >= 15 is 0 Å². The monoisotopic (exact) mass is 384 g/mol. The molecule has 0 aliphatic heterocycles. The zero-order valence-corrected chi connectivity index (χ0v) is 16.9. The Morgan fingerprint density at radius 3 is 2.59 bits per heavy atom. The highest BCUT2D eigenvalue weighted by molar-refractivity contribution is 7.18. The van der Waals surface area contributed by atoms with Gasteiger partial charge in [-0.15, -0.1) is 11.3 Å². The Bertz CT molecular complexity index is 951. The SMILES string of the molecule is Cc1ccc(OCCNC(=O)CNc2nc(C)nc3sc(C)c(C)c23)cc1. The van der Waals surface area contributed by atoms with Crippen molar-refractivity contribution in [2.24, 2.45) is 0 Å². The first-order valence-electron chi connectivity index (χ1n) is 8.88. The number of aromatic nitrogens is 2. The first-order chi connectivity index (χ1) is 12.9. The number of benzene rings is 1. The number of carbonyl (C=O) groups is 1. The Morgan fingerprint density at radius 2 is 1.85 bits per heavy atom. The summed E-state index contributed by atoms with van der Waals surface area (Å²) in [5.41, 5.74) is 2.34. The standard InChI is InChI=1S/C20H24N4O2S/c1-12-5-7-16(8-6-12)26-10-9-21-17(25)11-22-19-18-13(2)14(3)27-20(18)24-15(4)23-19/h5-8H,9-11H2,1-4H3,(H,21,25)(H,22,23,24). The van der Waals surface area contributed by atoms with E-state index in [-0.39, 0.29) is 12.5 Å². The summed E-state index contributed by atoms with van der Waals surface area (Å²) < 4.78 is 5.61. The maximum Gasteiger partial charge on any atom is 0.239 e. The summed E-state index contributed by atoms with van der Waals surface area (Å²) in [5, 5.41) is 7.00. The molecule has 6 nitrogen and oxygen atoms in total. The molecule has 0 bridgehead atoms. The third kappa shape index (κ3) is 4.74. The molecular weight excluding hydrogens is 360 g/mol. The molecule has 3 aromatic rings. The fourth-order valence-electron chi connectivity index (χ4n) is 2.70. The summed E-state index contributed by atoms with van der Waals surface area (Å²) in [4.78, 5) is 23.2. The number of hydrogen-bond donors (Lipinski definition) is 2. The molecule has 3 rings (SSSR count). The van der Waals surface area contributed by atoms with Crippen molar-refractivity contribution >= 4 is 33.3 Å². The summed E-state index contributed by atoms with van der Waals surface area (Å²) in [6, 6.07) is 7.84. The van der Waals surface area contributed by atoms with E-state index < -0.39 is 0 Å². The van der Waals surface area contributed by atoms with Crippen molar-refractivity contribution in [1.82, 2.24) is 15.3 Å². The lowest BCUT2D eigenvalue weighted by molar-refractivity contribution is -0.119. The molecule has 0 spiro atoms. The number of rotatable bonds is 7. The van der Waals surface area contributed by atoms with Crippen LogP contribution in [0.3, 0.4) is 0 Å². The van der Waals surface area contributed by atoms with E-state index in [1.54, 1.807) is 11.3 Å². The van der Waals surface area contributed by atoms with Crippen LogP contribution in [0.2, 0.25) is 0 Å². The van der Waals surface area contributed by atoms with Crippen LogP contribution in [0.1, 0.15) is 21.8 Å². The van der Waals surface area contributed by atoms with E-state index in [0.717, 1.165) is 21.5 Å². The van der Waals surface area contributed by atoms with Gasteiger partial charge >= 0.3 is 0 Å². The number of aryl methyl sites for hydroxylation is 4. The second kappa shape index (κ2) is 8.35. The predicted octanol–water partition coefficient (Wildman–Crippen LogP) is 3.53. The Kier molecular flexibility index (Phi) is 5.91. The second-order valence-corrected chi connectivity index (χ2v) is 7.65. The number of amides is 1. The van der Waals surface area contributed by atoms with Gasteiger partial charge in [0.15, 0.2) is 0 Å². The largest absolute Gasteiger partial charge is 0.492 e. The maximum atomic E-state index is 12.1. The summed E-state index contributed by atoms with van der Waals surface area (Å²) >= 11 is 1.65. The smallest absolute Gasteiger partial charge is 0.239 e. The van der Waals surface area contributed by atoms with Crippen LogP contribution >= 0.6 is 11.3 Å². The van der Waals surface area contributed by atoms with Crippen LogP contribution in [-0.2, 0) is 4.79 Å². The third-order valence-electron chi connectivity index (χ3n) is 4.27. The van der Waals surface area contributed by atoms with Gasteiger partial charge in [0.25, 0.3) is 0 Å². The van der Waals surface area contributed by atoms with Gasteiger partial charge < -0.3 is 15.4 Å². The number of nitrogens with zero attached hydrogens (tertiary/aromatic N) is 2. The molecule has 0 saturated heterocycles. The number of carbonyl (C=O) groups excluding carboxylic acids is 1. The Hall–Kier alpha value is -2.67. The zero-order valence-electron chi connectivity index (χ0n) is 16.0. The molecule has 2 heterocycles. The Labute approximate surface area is 163 Å². The van der Waals surface area contributed by atoms with Crippen molar-refractivity contribution < 1.29 is 9.53 Å². The molecule has 0 aliphatic carbocycles. The maximum absolute atomic E-state index is 12.1. The average molecular weight is 385 g/mol. The van der Waals surface area contributed by atoms with Crippen molar-refractivity contribution in [3.8, 4) is 5.75 Å². The molecule has 27 heavy (non-hydrogen) atoms. The molecule has 0 unspecified atom stereocenters. The lowest BCUT2D eigenvalue weighted by Crippen LogP contribution is -2.33. The summed E-state index contributed by atoms with van der Waals surface area (Å²) in [6.07, 6.45) is 0. The van der Waals surface area contributed by atoms with Gasteiger partial charge in [0.05, 0.1) is 18.5 Å². The molecule has 0 radical (unpaired) electrons. The fraction of sp³-hybridized carbons (Fsp3) is 0.350. The van der Waals surface area contributed by atoms with Gasteiger partial charge in [-0.3, -0.25) is 4.79 Å². The van der Waals surface area contributed by atoms with E-state index in [2.05, 4.69) is 34.4 Å². The number of anilines is 1. The molecule has 0 atom stereocenters. The van der Waals surface area contributed by atoms with Crippen molar-refractivity contribution in [3.05, 3.63) is 46.1 Å². The van der Waals surface area contributed by atoms with Crippen LogP contribution in [0.15, 0.2) is 24.3 Å². The molecule has 0 aliphatic rings. The minimum Gasteiger partial charge on any atom is -0.492 e. The van der Waals surface area contributed by atoms with E-state index in [1.165, 1.54) is 10.4 Å². The van der Waals surface area contributed by atoms with Gasteiger partial charge in [0.1, 0.15) is 28.8 Å². The van der Waals surface area contributed by atoms with E-state index in [4.69, 9.17) is 4.74 Å². The summed E-state index contributed by atoms with van der Waals surface area (Å²) in [5.74, 6) is 2.11. The molecule has 0 saturated carbocycles. The number of nitrogens with one attached hydrogen (secondary N) is 2. The molecule has 1 amide bonds. The van der Waals surface area contributed by atoms with Gasteiger partial charge in [0, 0.05) is 4.88 Å². The van der Waals surface area contributed by atoms with Gasteiger partial charge in [-0.1, -0.05) is 17.7 Å². The lowest BCUT2D eigenvalue weighted by atomic mass is 10.2. The Morgan fingerprint density at radius 1 is 1.11 bits per heavy atom. The van der Waals surface area contributed by atoms with Crippen molar-refractivity contribution in [2.45, 2.75) is 27.7 Å². The van der Waals surface area contributed by atoms with Crippen LogP contribution < -0.4 is 15.4 Å². The first kappa shape index (κ1) is 19.1. The van der Waals surface area contributed by atoms with Crippen LogP contribution in [0.5, 0.6) is 5.75 Å². The quantitative estimate of drug-likeness (QED) is 0.610. The predicted molar refractivity (Wildman–Crippen MR) is 110 cm³/mol. The van der Waals surface area contributed by atoms with E-state index in [0.29, 0.717) is 24.8 Å². The molecule has 142 valence electrons. The number of ether oxygens (including phenoxy) is 1. The molecule has 0 fully saturated rings. The van der Waals surface area contributed by atoms with E-state index in [1.807, 2.05) is 38.1 Å². The number of fused-ring (bicyclic) bond motifs is 1. The van der Waals surface area contributed by atoms with Crippen molar-refractivity contribution in [1.29, 1.82) is 0 Å². The molecule has 2 N–H and O–H groups in total. The summed E-state index contributed by atoms with van der Waals surface area (Å²) in [6.45, 7) is 9.05. The first-order valence-corrected chi connectivity index (χ1v) is 9.70. The third-order valence-corrected chi connectivity index (χ3v) is 5.37. The minimum atomic E-state index is -0.100. The molecule has 7 heteroatoms. The van der Waals surface area contributed by atoms with E-state index in [9.17, 15) is 4.79 Å². The summed E-state index contributed by atoms with van der Waals surface area (Å²) in [7, 11) is 0. The average Bonchev–Trinajstić information content (AvgIpc) is 2.92. The minimum absolute atomic E-state index is 0.100. The number of thiophene rings is 1. The van der Waals surface area contributed by atoms with Gasteiger partial charge in [-0.05, 0) is 45.4 Å². The van der Waals surface area contributed by atoms with Gasteiger partial charge in [-0.25, -0.2) is 9.97 Å². The molecule has 1 aromatic carbocycles. The topological polar surface area (TPSA) is 76.1 Å². The van der Waals surface area contributed by atoms with Crippen LogP contribution in [0.4, 0.5) is 5.82 Å². The second-order valence-electron chi connectivity index (χ2n) is 6.45. The molecule has 2 aromatic heterocycles. The highest BCUT2D eigenvalue weighted by Crippen LogP contribution is 2.32. The van der Waals surface area contributed by atoms with Crippen molar-refractivity contribution in [3.63, 3.8) is 0 Å². The normalized spacial score (nSPS) is 10.8. The van der Waals surface area contributed by atoms with Gasteiger partial charge in [0.2, 0.25) is 5.91 Å². The van der Waals surface area contributed by atoms with Crippen molar-refractivity contribution in [2.75, 3.05) is 25.0 Å². The zero-order chi connectivity index (χ0) is 19.4. The highest BCUT2D eigenvalue weighted by Gasteiger charge is 2.14. The fourth-order valence-corrected chi connectivity index (χ4v) is 3.78. The number of hydrogen-bond acceptors (Lipinski definition) is 6. The molecular formula is C20H24N4O2S. The Balaban J connectivity index is 1.50. The van der Waals surface area contributed by atoms with Gasteiger partial charge in [-0.2, -0.15) is 0 Å². The van der Waals surface area contributed by atoms with Crippen LogP contribution in [-0.4, -0.2) is 35.6 Å². The van der Waals surface area contributed by atoms with Crippen LogP contribution in [0, 0.1) is 27.7 Å². The van der Waals surface area contributed by atoms with Crippen LogP contribution in [0.25, 0.3) is 10.2 Å². The lowest BCUT2D eigenvalue weighted by Gasteiger charge is -2.10.